The minimum Gasteiger partial charge on any atom is -0.398 e. The highest BCUT2D eigenvalue weighted by atomic mass is 79.9. The number of aryl methyl sites for hydroxylation is 1. The lowest BCUT2D eigenvalue weighted by Gasteiger charge is -2.10. The second-order valence-electron chi connectivity index (χ2n) is 3.73. The van der Waals surface area contributed by atoms with Crippen LogP contribution in [0.15, 0.2) is 28.1 Å². The lowest BCUT2D eigenvalue weighted by atomic mass is 10.2. The maximum Gasteiger partial charge on any atom is 0.139 e. The van der Waals surface area contributed by atoms with Crippen LogP contribution < -0.4 is 11.1 Å². The third-order valence-corrected chi connectivity index (χ3v) is 4.03. The van der Waals surface area contributed by atoms with Gasteiger partial charge in [-0.05, 0) is 52.0 Å². The number of benzene rings is 1. The predicted octanol–water partition coefficient (Wildman–Crippen LogP) is 4.15. The van der Waals surface area contributed by atoms with Gasteiger partial charge in [-0.25, -0.2) is 4.39 Å². The second-order valence-corrected chi connectivity index (χ2v) is 5.59. The highest BCUT2D eigenvalue weighted by Crippen LogP contribution is 2.26. The van der Waals surface area contributed by atoms with Gasteiger partial charge in [0.05, 0.1) is 11.0 Å². The van der Waals surface area contributed by atoms with Crippen LogP contribution in [0, 0.1) is 12.7 Å². The summed E-state index contributed by atoms with van der Waals surface area (Å²) >= 11 is 4.75. The van der Waals surface area contributed by atoms with Crippen molar-refractivity contribution < 1.29 is 4.39 Å². The molecular formula is C12H12BrFN2S. The molecule has 2 rings (SSSR count). The lowest BCUT2D eigenvalue weighted by molar-refractivity contribution is 0.621. The lowest BCUT2D eigenvalue weighted by Crippen LogP contribution is -2.02. The molecule has 1 heterocycles. The predicted molar refractivity (Wildman–Crippen MR) is 74.9 cm³/mol. The van der Waals surface area contributed by atoms with Crippen molar-refractivity contribution in [1.29, 1.82) is 0 Å². The zero-order valence-corrected chi connectivity index (χ0v) is 11.7. The number of anilines is 2. The third-order valence-electron chi connectivity index (χ3n) is 2.49. The molecule has 0 aliphatic rings. The van der Waals surface area contributed by atoms with Crippen molar-refractivity contribution in [2.45, 2.75) is 13.5 Å². The van der Waals surface area contributed by atoms with Crippen molar-refractivity contribution in [2.24, 2.45) is 0 Å². The number of nitrogen functional groups attached to an aromatic ring is 1. The summed E-state index contributed by atoms with van der Waals surface area (Å²) in [6.45, 7) is 2.55. The number of hydrogen-bond donors (Lipinski definition) is 2. The van der Waals surface area contributed by atoms with E-state index in [1.54, 1.807) is 17.4 Å². The van der Waals surface area contributed by atoms with E-state index < -0.39 is 0 Å². The first-order chi connectivity index (χ1) is 8.08. The van der Waals surface area contributed by atoms with Gasteiger partial charge in [-0.2, -0.15) is 0 Å². The molecule has 0 unspecified atom stereocenters. The summed E-state index contributed by atoms with van der Waals surface area (Å²) in [6.07, 6.45) is 0. The van der Waals surface area contributed by atoms with Crippen LogP contribution in [0.2, 0.25) is 0 Å². The Hall–Kier alpha value is -1.07. The topological polar surface area (TPSA) is 38.0 Å². The van der Waals surface area contributed by atoms with Gasteiger partial charge in [-0.15, -0.1) is 11.3 Å². The molecule has 0 fully saturated rings. The molecule has 1 aromatic carbocycles. The van der Waals surface area contributed by atoms with Crippen LogP contribution in [0.1, 0.15) is 10.4 Å². The summed E-state index contributed by atoms with van der Waals surface area (Å²) in [5, 5.41) is 5.14. The van der Waals surface area contributed by atoms with Crippen LogP contribution in [0.3, 0.4) is 0 Å². The highest BCUT2D eigenvalue weighted by molar-refractivity contribution is 9.10. The summed E-state index contributed by atoms with van der Waals surface area (Å²) in [6, 6.07) is 5.12. The molecule has 0 aliphatic carbocycles. The minimum absolute atomic E-state index is 0.266. The number of nitrogens with two attached hydrogens (primary N) is 1. The van der Waals surface area contributed by atoms with Gasteiger partial charge in [0.25, 0.3) is 0 Å². The van der Waals surface area contributed by atoms with Crippen molar-refractivity contribution in [3.8, 4) is 0 Å². The summed E-state index contributed by atoms with van der Waals surface area (Å²) < 4.78 is 13.9. The number of rotatable bonds is 3. The fourth-order valence-electron chi connectivity index (χ4n) is 1.51. The molecule has 0 bridgehead atoms. The second kappa shape index (κ2) is 5.06. The summed E-state index contributed by atoms with van der Waals surface area (Å²) in [5.74, 6) is -0.266. The van der Waals surface area contributed by atoms with Gasteiger partial charge in [-0.3, -0.25) is 0 Å². The van der Waals surface area contributed by atoms with E-state index in [0.29, 0.717) is 11.0 Å². The molecule has 3 N–H and O–H groups in total. The Balaban J connectivity index is 2.14. The zero-order valence-electron chi connectivity index (χ0n) is 9.26. The van der Waals surface area contributed by atoms with Crippen molar-refractivity contribution >= 4 is 38.6 Å². The highest BCUT2D eigenvalue weighted by Gasteiger charge is 2.06. The average molecular weight is 315 g/mol. The van der Waals surface area contributed by atoms with E-state index >= 15 is 0 Å². The molecule has 0 saturated heterocycles. The van der Waals surface area contributed by atoms with Crippen LogP contribution in [0.5, 0.6) is 0 Å². The van der Waals surface area contributed by atoms with Gasteiger partial charge in [0.1, 0.15) is 5.82 Å². The first-order valence-corrected chi connectivity index (χ1v) is 6.76. The van der Waals surface area contributed by atoms with Crippen molar-refractivity contribution in [3.63, 3.8) is 0 Å². The Bertz CT molecular complexity index is 539. The molecule has 0 spiro atoms. The van der Waals surface area contributed by atoms with E-state index in [0.717, 1.165) is 21.8 Å². The fraction of sp³-hybridized carbons (Fsp3) is 0.167. The van der Waals surface area contributed by atoms with Crippen LogP contribution in [-0.2, 0) is 6.54 Å². The van der Waals surface area contributed by atoms with Crippen LogP contribution >= 0.6 is 27.3 Å². The van der Waals surface area contributed by atoms with E-state index in [4.69, 9.17) is 5.73 Å². The van der Waals surface area contributed by atoms with Crippen molar-refractivity contribution in [2.75, 3.05) is 11.1 Å². The molecule has 0 amide bonds. The van der Waals surface area contributed by atoms with Gasteiger partial charge in [0.15, 0.2) is 0 Å². The average Bonchev–Trinajstić information content (AvgIpc) is 2.68. The molecule has 5 heteroatoms. The van der Waals surface area contributed by atoms with Gasteiger partial charge in [0, 0.05) is 16.3 Å². The Morgan fingerprint density at radius 3 is 2.88 bits per heavy atom. The SMILES string of the molecule is Cc1cc(Br)c(F)cc1NCc1sccc1N. The molecule has 2 nitrogen and oxygen atoms in total. The molecule has 1 aromatic heterocycles. The Labute approximate surface area is 112 Å². The van der Waals surface area contributed by atoms with Crippen LogP contribution in [0.4, 0.5) is 15.8 Å². The van der Waals surface area contributed by atoms with Crippen molar-refractivity contribution in [1.82, 2.24) is 0 Å². The molecular weight excluding hydrogens is 303 g/mol. The molecule has 2 aromatic rings. The Kier molecular flexibility index (Phi) is 3.69. The van der Waals surface area contributed by atoms with Gasteiger partial charge >= 0.3 is 0 Å². The summed E-state index contributed by atoms with van der Waals surface area (Å²) in [4.78, 5) is 1.06. The van der Waals surface area contributed by atoms with Gasteiger partial charge < -0.3 is 11.1 Å². The Morgan fingerprint density at radius 2 is 2.24 bits per heavy atom. The monoisotopic (exact) mass is 314 g/mol. The van der Waals surface area contributed by atoms with E-state index in [1.807, 2.05) is 18.4 Å². The third kappa shape index (κ3) is 2.79. The molecule has 0 saturated carbocycles. The number of nitrogens with one attached hydrogen (secondary N) is 1. The van der Waals surface area contributed by atoms with Gasteiger partial charge in [0.2, 0.25) is 0 Å². The first-order valence-electron chi connectivity index (χ1n) is 5.09. The number of halogens is 2. The molecule has 0 aliphatic heterocycles. The number of hydrogen-bond acceptors (Lipinski definition) is 3. The molecule has 17 heavy (non-hydrogen) atoms. The van der Waals surface area contributed by atoms with E-state index in [-0.39, 0.29) is 5.82 Å². The molecule has 90 valence electrons. The molecule has 0 atom stereocenters. The summed E-state index contributed by atoms with van der Waals surface area (Å²) in [5.41, 5.74) is 8.35. The quantitative estimate of drug-likeness (QED) is 0.893. The van der Waals surface area contributed by atoms with Crippen LogP contribution in [0.25, 0.3) is 0 Å². The van der Waals surface area contributed by atoms with E-state index in [9.17, 15) is 4.39 Å². The maximum atomic E-state index is 13.4. The zero-order chi connectivity index (χ0) is 12.4. The smallest absolute Gasteiger partial charge is 0.139 e. The minimum atomic E-state index is -0.266. The molecule has 0 radical (unpaired) electrons. The standard InChI is InChI=1S/C12H12BrFN2S/c1-7-4-8(13)9(14)5-11(7)16-6-12-10(15)2-3-17-12/h2-5,16H,6,15H2,1H3. The van der Waals surface area contributed by atoms with Crippen LogP contribution in [-0.4, -0.2) is 0 Å². The fourth-order valence-corrected chi connectivity index (χ4v) is 2.70. The van der Waals surface area contributed by atoms with Gasteiger partial charge in [-0.1, -0.05) is 0 Å². The Morgan fingerprint density at radius 1 is 1.47 bits per heavy atom. The normalized spacial score (nSPS) is 10.5. The summed E-state index contributed by atoms with van der Waals surface area (Å²) in [7, 11) is 0. The van der Waals surface area contributed by atoms with E-state index in [1.165, 1.54) is 6.07 Å². The number of thiophene rings is 1. The largest absolute Gasteiger partial charge is 0.398 e. The van der Waals surface area contributed by atoms with Crippen molar-refractivity contribution in [3.05, 3.63) is 44.3 Å². The van der Waals surface area contributed by atoms with E-state index in [2.05, 4.69) is 21.2 Å². The maximum absolute atomic E-state index is 13.4. The first kappa shape index (κ1) is 12.4.